The van der Waals surface area contributed by atoms with Crippen molar-refractivity contribution in [3.8, 4) is 11.3 Å². The smallest absolute Gasteiger partial charge is 0.256 e. The summed E-state index contributed by atoms with van der Waals surface area (Å²) < 4.78 is 13.5. The summed E-state index contributed by atoms with van der Waals surface area (Å²) in [7, 11) is 0. The molecule has 3 aromatic rings. The van der Waals surface area contributed by atoms with Gasteiger partial charge in [0.05, 0.1) is 23.5 Å². The molecule has 3 heterocycles. The van der Waals surface area contributed by atoms with E-state index >= 15 is 0 Å². The quantitative estimate of drug-likeness (QED) is 0.754. The summed E-state index contributed by atoms with van der Waals surface area (Å²) in [6.07, 6.45) is 6.19. The van der Waals surface area contributed by atoms with Crippen molar-refractivity contribution in [2.75, 3.05) is 6.54 Å². The fourth-order valence-electron chi connectivity index (χ4n) is 3.53. The number of benzene rings is 1. The number of piperidine rings is 1. The first-order chi connectivity index (χ1) is 13.1. The van der Waals surface area contributed by atoms with Crippen molar-refractivity contribution < 1.29 is 9.18 Å². The van der Waals surface area contributed by atoms with Gasteiger partial charge in [-0.1, -0.05) is 12.1 Å². The molecule has 4 rings (SSSR count). The average molecular weight is 364 g/mol. The molecule has 27 heavy (non-hydrogen) atoms. The maximum atomic E-state index is 13.5. The van der Waals surface area contributed by atoms with E-state index in [1.165, 1.54) is 12.1 Å². The van der Waals surface area contributed by atoms with Gasteiger partial charge in [0.25, 0.3) is 5.91 Å². The summed E-state index contributed by atoms with van der Waals surface area (Å²) >= 11 is 0. The molecule has 1 aliphatic rings. The normalized spacial score (nSPS) is 17.1. The van der Waals surface area contributed by atoms with Crippen molar-refractivity contribution >= 4 is 5.91 Å². The van der Waals surface area contributed by atoms with Crippen LogP contribution in [0.1, 0.15) is 47.2 Å². The van der Waals surface area contributed by atoms with Crippen molar-refractivity contribution in [1.29, 1.82) is 0 Å². The van der Waals surface area contributed by atoms with Crippen LogP contribution in [0.15, 0.2) is 48.8 Å². The molecule has 6 heteroatoms. The Bertz CT molecular complexity index is 951. The number of hydrogen-bond acceptors (Lipinski definition) is 3. The van der Waals surface area contributed by atoms with E-state index in [1.54, 1.807) is 18.5 Å². The van der Waals surface area contributed by atoms with Crippen molar-refractivity contribution in [2.45, 2.75) is 32.2 Å². The summed E-state index contributed by atoms with van der Waals surface area (Å²) in [5.74, 6) is 0.420. The number of hydrogen-bond donors (Lipinski definition) is 1. The standard InChI is InChI=1S/C21H21FN4O/c1-14-8-9-16(12-23-14)21(27)26-10-3-2-7-19(26)20-24-13-18(25-20)15-5-4-6-17(22)11-15/h4-6,8-9,11-13,19H,2-3,7,10H2,1H3,(H,24,25). The largest absolute Gasteiger partial charge is 0.340 e. The highest BCUT2D eigenvalue weighted by Crippen LogP contribution is 2.31. The summed E-state index contributed by atoms with van der Waals surface area (Å²) in [5.41, 5.74) is 2.96. The Morgan fingerprint density at radius 3 is 2.85 bits per heavy atom. The Hall–Kier alpha value is -3.02. The van der Waals surface area contributed by atoms with Gasteiger partial charge >= 0.3 is 0 Å². The Balaban J connectivity index is 1.61. The minimum Gasteiger partial charge on any atom is -0.340 e. The molecule has 1 saturated heterocycles. The fourth-order valence-corrected chi connectivity index (χ4v) is 3.53. The lowest BCUT2D eigenvalue weighted by Gasteiger charge is -2.34. The Morgan fingerprint density at radius 2 is 2.07 bits per heavy atom. The van der Waals surface area contributed by atoms with Crippen LogP contribution in [0.5, 0.6) is 0 Å². The molecule has 0 radical (unpaired) electrons. The molecule has 1 aromatic carbocycles. The maximum absolute atomic E-state index is 13.5. The minimum absolute atomic E-state index is 0.0316. The van der Waals surface area contributed by atoms with Crippen molar-refractivity contribution in [3.63, 3.8) is 0 Å². The molecule has 1 N–H and O–H groups in total. The number of nitrogens with zero attached hydrogens (tertiary/aromatic N) is 3. The molecule has 0 spiro atoms. The van der Waals surface area contributed by atoms with E-state index in [9.17, 15) is 9.18 Å². The predicted molar refractivity (Wildman–Crippen MR) is 101 cm³/mol. The number of H-pyrrole nitrogens is 1. The number of halogens is 1. The van der Waals surface area contributed by atoms with E-state index in [0.717, 1.165) is 42.0 Å². The zero-order valence-corrected chi connectivity index (χ0v) is 15.2. The lowest BCUT2D eigenvalue weighted by atomic mass is 10.0. The Morgan fingerprint density at radius 1 is 1.19 bits per heavy atom. The van der Waals surface area contributed by atoms with Gasteiger partial charge < -0.3 is 9.88 Å². The van der Waals surface area contributed by atoms with Crippen LogP contribution in [-0.4, -0.2) is 32.3 Å². The zero-order chi connectivity index (χ0) is 18.8. The van der Waals surface area contributed by atoms with Crippen LogP contribution in [0.4, 0.5) is 4.39 Å². The second-order valence-corrected chi connectivity index (χ2v) is 6.89. The van der Waals surface area contributed by atoms with E-state index in [4.69, 9.17) is 0 Å². The molecular formula is C21H21FN4O. The van der Waals surface area contributed by atoms with Gasteiger partial charge in [-0.15, -0.1) is 0 Å². The number of aromatic nitrogens is 3. The molecule has 1 amide bonds. The van der Waals surface area contributed by atoms with E-state index in [0.29, 0.717) is 12.1 Å². The number of aryl methyl sites for hydroxylation is 1. The van der Waals surface area contributed by atoms with Crippen LogP contribution in [0.2, 0.25) is 0 Å². The van der Waals surface area contributed by atoms with Gasteiger partial charge in [-0.3, -0.25) is 9.78 Å². The van der Waals surface area contributed by atoms with Crippen molar-refractivity contribution in [2.24, 2.45) is 0 Å². The molecule has 1 fully saturated rings. The molecule has 5 nitrogen and oxygen atoms in total. The number of rotatable bonds is 3. The number of pyridine rings is 1. The molecule has 1 aliphatic heterocycles. The first-order valence-electron chi connectivity index (χ1n) is 9.16. The number of likely N-dealkylation sites (tertiary alicyclic amines) is 1. The second-order valence-electron chi connectivity index (χ2n) is 6.89. The summed E-state index contributed by atoms with van der Waals surface area (Å²) in [5, 5.41) is 0. The third-order valence-corrected chi connectivity index (χ3v) is 4.97. The van der Waals surface area contributed by atoms with Gasteiger partial charge in [-0.25, -0.2) is 9.37 Å². The minimum atomic E-state index is -0.287. The molecule has 2 aromatic heterocycles. The SMILES string of the molecule is Cc1ccc(C(=O)N2CCCCC2c2ncc(-c3cccc(F)c3)[nH]2)cn1. The Labute approximate surface area is 157 Å². The lowest BCUT2D eigenvalue weighted by molar-refractivity contribution is 0.0600. The highest BCUT2D eigenvalue weighted by Gasteiger charge is 2.30. The predicted octanol–water partition coefficient (Wildman–Crippen LogP) is 4.29. The van der Waals surface area contributed by atoms with E-state index in [-0.39, 0.29) is 17.8 Å². The number of aromatic amines is 1. The van der Waals surface area contributed by atoms with E-state index in [1.807, 2.05) is 30.0 Å². The highest BCUT2D eigenvalue weighted by atomic mass is 19.1. The number of imidazole rings is 1. The molecular weight excluding hydrogens is 343 g/mol. The van der Waals surface area contributed by atoms with Gasteiger partial charge in [0, 0.05) is 24.0 Å². The van der Waals surface area contributed by atoms with Crippen LogP contribution >= 0.6 is 0 Å². The topological polar surface area (TPSA) is 61.9 Å². The van der Waals surface area contributed by atoms with Crippen molar-refractivity contribution in [1.82, 2.24) is 19.9 Å². The third kappa shape index (κ3) is 3.60. The number of carbonyl (C=O) groups is 1. The summed E-state index contributed by atoms with van der Waals surface area (Å²) in [4.78, 5) is 26.9. The van der Waals surface area contributed by atoms with Gasteiger partial charge in [-0.2, -0.15) is 0 Å². The molecule has 1 atom stereocenters. The van der Waals surface area contributed by atoms with E-state index in [2.05, 4.69) is 15.0 Å². The monoisotopic (exact) mass is 364 g/mol. The Kier molecular flexibility index (Phi) is 4.71. The van der Waals surface area contributed by atoms with Gasteiger partial charge in [0.1, 0.15) is 11.6 Å². The molecule has 0 aliphatic carbocycles. The van der Waals surface area contributed by atoms with Crippen LogP contribution in [0, 0.1) is 12.7 Å². The number of amides is 1. The number of carbonyl (C=O) groups excluding carboxylic acids is 1. The first-order valence-corrected chi connectivity index (χ1v) is 9.16. The molecule has 138 valence electrons. The van der Waals surface area contributed by atoms with Crippen LogP contribution < -0.4 is 0 Å². The summed E-state index contributed by atoms with van der Waals surface area (Å²) in [6.45, 7) is 2.59. The third-order valence-electron chi connectivity index (χ3n) is 4.97. The second kappa shape index (κ2) is 7.31. The summed E-state index contributed by atoms with van der Waals surface area (Å²) in [6, 6.07) is 9.94. The van der Waals surface area contributed by atoms with Crippen molar-refractivity contribution in [3.05, 3.63) is 71.7 Å². The van der Waals surface area contributed by atoms with Crippen LogP contribution in [0.3, 0.4) is 0 Å². The fraction of sp³-hybridized carbons (Fsp3) is 0.286. The molecule has 0 bridgehead atoms. The zero-order valence-electron chi connectivity index (χ0n) is 15.2. The van der Waals surface area contributed by atoms with Gasteiger partial charge in [-0.05, 0) is 50.5 Å². The average Bonchev–Trinajstić information content (AvgIpc) is 3.18. The first kappa shape index (κ1) is 17.4. The molecule has 1 unspecified atom stereocenters. The maximum Gasteiger partial charge on any atom is 0.256 e. The number of nitrogens with one attached hydrogen (secondary N) is 1. The molecule has 0 saturated carbocycles. The highest BCUT2D eigenvalue weighted by molar-refractivity contribution is 5.94. The van der Waals surface area contributed by atoms with Crippen LogP contribution in [-0.2, 0) is 0 Å². The lowest BCUT2D eigenvalue weighted by Crippen LogP contribution is -2.39. The van der Waals surface area contributed by atoms with E-state index < -0.39 is 0 Å². The van der Waals surface area contributed by atoms with Gasteiger partial charge in [0.15, 0.2) is 0 Å². The van der Waals surface area contributed by atoms with Gasteiger partial charge in [0.2, 0.25) is 0 Å². The van der Waals surface area contributed by atoms with Crippen LogP contribution in [0.25, 0.3) is 11.3 Å².